The lowest BCUT2D eigenvalue weighted by Crippen LogP contribution is -2.22. The Morgan fingerprint density at radius 3 is 2.45 bits per heavy atom. The molecule has 2 aromatic carbocycles. The minimum absolute atomic E-state index is 0.382. The van der Waals surface area contributed by atoms with Crippen LogP contribution in [0.2, 0.25) is 0 Å². The van der Waals surface area contributed by atoms with Crippen LogP contribution in [0.4, 0.5) is 0 Å². The SMILES string of the molecule is Cc1ccccc1C(C)NCCCOc1ccccc1. The summed E-state index contributed by atoms with van der Waals surface area (Å²) in [6.07, 6.45) is 1.01. The third-order valence-electron chi connectivity index (χ3n) is 3.44. The third-order valence-corrected chi connectivity index (χ3v) is 3.44. The zero-order valence-electron chi connectivity index (χ0n) is 12.3. The first kappa shape index (κ1) is 14.6. The van der Waals surface area contributed by atoms with Crippen molar-refractivity contribution in [2.45, 2.75) is 26.3 Å². The van der Waals surface area contributed by atoms with E-state index in [0.29, 0.717) is 6.04 Å². The Kier molecular flexibility index (Phi) is 5.63. The topological polar surface area (TPSA) is 21.3 Å². The molecule has 0 heterocycles. The maximum absolute atomic E-state index is 5.68. The number of nitrogens with one attached hydrogen (secondary N) is 1. The molecule has 0 spiro atoms. The van der Waals surface area contributed by atoms with Crippen molar-refractivity contribution in [3.63, 3.8) is 0 Å². The van der Waals surface area contributed by atoms with Crippen LogP contribution in [0.1, 0.15) is 30.5 Å². The average Bonchev–Trinajstić information content (AvgIpc) is 2.48. The highest BCUT2D eigenvalue weighted by Crippen LogP contribution is 2.16. The van der Waals surface area contributed by atoms with E-state index in [1.54, 1.807) is 0 Å². The van der Waals surface area contributed by atoms with E-state index in [1.165, 1.54) is 11.1 Å². The summed E-state index contributed by atoms with van der Waals surface area (Å²) in [5.74, 6) is 0.944. The minimum Gasteiger partial charge on any atom is -0.494 e. The summed E-state index contributed by atoms with van der Waals surface area (Å²) in [5.41, 5.74) is 2.71. The molecule has 0 aliphatic heterocycles. The summed E-state index contributed by atoms with van der Waals surface area (Å²) in [4.78, 5) is 0. The highest BCUT2D eigenvalue weighted by Gasteiger charge is 2.06. The van der Waals surface area contributed by atoms with Crippen LogP contribution in [0.15, 0.2) is 54.6 Å². The molecule has 0 aliphatic rings. The number of para-hydroxylation sites is 1. The van der Waals surface area contributed by atoms with Crippen LogP contribution < -0.4 is 10.1 Å². The molecule has 0 fully saturated rings. The van der Waals surface area contributed by atoms with Crippen LogP contribution in [-0.4, -0.2) is 13.2 Å². The fourth-order valence-corrected chi connectivity index (χ4v) is 2.28. The second-order valence-electron chi connectivity index (χ2n) is 5.05. The number of hydrogen-bond acceptors (Lipinski definition) is 2. The maximum Gasteiger partial charge on any atom is 0.119 e. The van der Waals surface area contributed by atoms with E-state index in [-0.39, 0.29) is 0 Å². The van der Waals surface area contributed by atoms with Crippen molar-refractivity contribution in [2.75, 3.05) is 13.2 Å². The van der Waals surface area contributed by atoms with Crippen LogP contribution in [0.5, 0.6) is 5.75 Å². The molecule has 2 aromatic rings. The fourth-order valence-electron chi connectivity index (χ4n) is 2.28. The molecular formula is C18H23NO. The Morgan fingerprint density at radius 1 is 1.00 bits per heavy atom. The Labute approximate surface area is 121 Å². The van der Waals surface area contributed by atoms with Crippen molar-refractivity contribution in [3.8, 4) is 5.75 Å². The molecule has 2 nitrogen and oxygen atoms in total. The molecular weight excluding hydrogens is 246 g/mol. The van der Waals surface area contributed by atoms with Gasteiger partial charge in [0.2, 0.25) is 0 Å². The van der Waals surface area contributed by atoms with Gasteiger partial charge in [-0.15, -0.1) is 0 Å². The maximum atomic E-state index is 5.68. The molecule has 0 aromatic heterocycles. The van der Waals surface area contributed by atoms with Gasteiger partial charge in [-0.2, -0.15) is 0 Å². The molecule has 0 amide bonds. The van der Waals surface area contributed by atoms with Gasteiger partial charge >= 0.3 is 0 Å². The van der Waals surface area contributed by atoms with Gasteiger partial charge in [-0.25, -0.2) is 0 Å². The van der Waals surface area contributed by atoms with Crippen molar-refractivity contribution < 1.29 is 4.74 Å². The fraction of sp³-hybridized carbons (Fsp3) is 0.333. The van der Waals surface area contributed by atoms with E-state index >= 15 is 0 Å². The van der Waals surface area contributed by atoms with Gasteiger partial charge in [-0.3, -0.25) is 0 Å². The first-order valence-electron chi connectivity index (χ1n) is 7.24. The normalized spacial score (nSPS) is 12.1. The second kappa shape index (κ2) is 7.71. The zero-order chi connectivity index (χ0) is 14.2. The lowest BCUT2D eigenvalue weighted by Gasteiger charge is -2.16. The molecule has 0 aliphatic carbocycles. The monoisotopic (exact) mass is 269 g/mol. The average molecular weight is 269 g/mol. The highest BCUT2D eigenvalue weighted by molar-refractivity contribution is 5.28. The summed E-state index contributed by atoms with van der Waals surface area (Å²) < 4.78 is 5.68. The largest absolute Gasteiger partial charge is 0.494 e. The van der Waals surface area contributed by atoms with Gasteiger partial charge < -0.3 is 10.1 Å². The van der Waals surface area contributed by atoms with E-state index in [2.05, 4.69) is 43.4 Å². The summed E-state index contributed by atoms with van der Waals surface area (Å²) in [6, 6.07) is 18.9. The van der Waals surface area contributed by atoms with Crippen LogP contribution in [-0.2, 0) is 0 Å². The predicted octanol–water partition coefficient (Wildman–Crippen LogP) is 4.11. The van der Waals surface area contributed by atoms with E-state index < -0.39 is 0 Å². The van der Waals surface area contributed by atoms with Crippen LogP contribution in [0.3, 0.4) is 0 Å². The van der Waals surface area contributed by atoms with E-state index in [1.807, 2.05) is 30.3 Å². The molecule has 1 unspecified atom stereocenters. The zero-order valence-corrected chi connectivity index (χ0v) is 12.3. The first-order chi connectivity index (χ1) is 9.77. The van der Waals surface area contributed by atoms with E-state index in [9.17, 15) is 0 Å². The van der Waals surface area contributed by atoms with Gasteiger partial charge in [0.25, 0.3) is 0 Å². The number of rotatable bonds is 7. The molecule has 2 rings (SSSR count). The van der Waals surface area contributed by atoms with Crippen LogP contribution in [0.25, 0.3) is 0 Å². The third kappa shape index (κ3) is 4.39. The molecule has 2 heteroatoms. The summed E-state index contributed by atoms with van der Waals surface area (Å²) in [6.45, 7) is 6.08. The lowest BCUT2D eigenvalue weighted by molar-refractivity contribution is 0.305. The Morgan fingerprint density at radius 2 is 1.70 bits per heavy atom. The van der Waals surface area contributed by atoms with Gasteiger partial charge in [0.05, 0.1) is 6.61 Å². The van der Waals surface area contributed by atoms with Crippen molar-refractivity contribution in [1.82, 2.24) is 5.32 Å². The summed E-state index contributed by atoms with van der Waals surface area (Å²) in [5, 5.41) is 3.55. The molecule has 106 valence electrons. The standard InChI is InChI=1S/C18H23NO/c1-15-9-6-7-12-18(15)16(2)19-13-8-14-20-17-10-4-3-5-11-17/h3-7,9-12,16,19H,8,13-14H2,1-2H3. The quantitative estimate of drug-likeness (QED) is 0.764. The summed E-state index contributed by atoms with van der Waals surface area (Å²) >= 11 is 0. The number of hydrogen-bond donors (Lipinski definition) is 1. The molecule has 1 atom stereocenters. The molecule has 1 N–H and O–H groups in total. The minimum atomic E-state index is 0.382. The lowest BCUT2D eigenvalue weighted by atomic mass is 10.0. The van der Waals surface area contributed by atoms with Gasteiger partial charge in [0.1, 0.15) is 5.75 Å². The number of ether oxygens (including phenoxy) is 1. The number of benzene rings is 2. The van der Waals surface area contributed by atoms with Crippen LogP contribution >= 0.6 is 0 Å². The van der Waals surface area contributed by atoms with Gasteiger partial charge in [-0.05, 0) is 50.1 Å². The molecule has 20 heavy (non-hydrogen) atoms. The highest BCUT2D eigenvalue weighted by atomic mass is 16.5. The number of aryl methyl sites for hydroxylation is 1. The second-order valence-corrected chi connectivity index (χ2v) is 5.05. The molecule has 0 radical (unpaired) electrons. The van der Waals surface area contributed by atoms with Crippen molar-refractivity contribution in [2.24, 2.45) is 0 Å². The summed E-state index contributed by atoms with van der Waals surface area (Å²) in [7, 11) is 0. The Hall–Kier alpha value is -1.80. The van der Waals surface area contributed by atoms with Gasteiger partial charge in [0, 0.05) is 6.04 Å². The predicted molar refractivity (Wildman–Crippen MR) is 84.2 cm³/mol. The smallest absolute Gasteiger partial charge is 0.119 e. The Bertz CT molecular complexity index is 510. The van der Waals surface area contributed by atoms with Gasteiger partial charge in [0.15, 0.2) is 0 Å². The Balaban J connectivity index is 1.67. The van der Waals surface area contributed by atoms with Crippen molar-refractivity contribution in [1.29, 1.82) is 0 Å². The molecule has 0 saturated heterocycles. The van der Waals surface area contributed by atoms with Crippen molar-refractivity contribution in [3.05, 3.63) is 65.7 Å². The van der Waals surface area contributed by atoms with E-state index in [4.69, 9.17) is 4.74 Å². The van der Waals surface area contributed by atoms with Crippen molar-refractivity contribution >= 4 is 0 Å². The van der Waals surface area contributed by atoms with Crippen LogP contribution in [0, 0.1) is 6.92 Å². The van der Waals surface area contributed by atoms with Gasteiger partial charge in [-0.1, -0.05) is 42.5 Å². The first-order valence-corrected chi connectivity index (χ1v) is 7.24. The van der Waals surface area contributed by atoms with E-state index in [0.717, 1.165) is 25.3 Å². The molecule has 0 bridgehead atoms. The molecule has 0 saturated carbocycles.